The monoisotopic (exact) mass is 236 g/mol. The zero-order valence-corrected chi connectivity index (χ0v) is 11.3. The number of hydrogen-bond donors (Lipinski definition) is 1. The minimum Gasteiger partial charge on any atom is -0.314 e. The predicted octanol–water partition coefficient (Wildman–Crippen LogP) is 2.50. The van der Waals surface area contributed by atoms with Crippen LogP contribution in [-0.2, 0) is 0 Å². The molecular weight excluding hydrogens is 208 g/mol. The maximum absolute atomic E-state index is 3.60. The third-order valence-corrected chi connectivity index (χ3v) is 5.40. The molecule has 0 amide bonds. The van der Waals surface area contributed by atoms with Gasteiger partial charge in [-0.2, -0.15) is 0 Å². The van der Waals surface area contributed by atoms with Gasteiger partial charge in [-0.3, -0.25) is 0 Å². The van der Waals surface area contributed by atoms with Crippen LogP contribution in [0.15, 0.2) is 0 Å². The highest BCUT2D eigenvalue weighted by Crippen LogP contribution is 2.48. The fourth-order valence-electron chi connectivity index (χ4n) is 4.36. The number of fused-ring (bicyclic) bond motifs is 2. The lowest BCUT2D eigenvalue weighted by Crippen LogP contribution is -2.41. The second kappa shape index (κ2) is 5.27. The zero-order chi connectivity index (χ0) is 11.7. The summed E-state index contributed by atoms with van der Waals surface area (Å²) >= 11 is 0. The van der Waals surface area contributed by atoms with E-state index in [9.17, 15) is 0 Å². The van der Waals surface area contributed by atoms with Gasteiger partial charge in [0, 0.05) is 12.6 Å². The van der Waals surface area contributed by atoms with Crippen LogP contribution in [0.4, 0.5) is 0 Å². The van der Waals surface area contributed by atoms with E-state index in [1.165, 1.54) is 39.0 Å². The molecule has 4 unspecified atom stereocenters. The van der Waals surface area contributed by atoms with Crippen molar-refractivity contribution in [2.24, 2.45) is 17.8 Å². The quantitative estimate of drug-likeness (QED) is 0.792. The Morgan fingerprint density at radius 1 is 1.12 bits per heavy atom. The summed E-state index contributed by atoms with van der Waals surface area (Å²) in [6, 6.07) is 0.720. The van der Waals surface area contributed by atoms with E-state index >= 15 is 0 Å². The molecule has 0 spiro atoms. The van der Waals surface area contributed by atoms with E-state index in [2.05, 4.69) is 17.1 Å². The summed E-state index contributed by atoms with van der Waals surface area (Å²) in [6.07, 6.45) is 8.88. The molecule has 3 fully saturated rings. The SMILES string of the molecule is CC1CCN(CC2CC3CCC2C3)CCCN1. The van der Waals surface area contributed by atoms with E-state index in [1.807, 2.05) is 0 Å². The van der Waals surface area contributed by atoms with Gasteiger partial charge in [0.25, 0.3) is 0 Å². The Balaban J connectivity index is 1.50. The molecule has 3 rings (SSSR count). The lowest BCUT2D eigenvalue weighted by atomic mass is 9.88. The van der Waals surface area contributed by atoms with E-state index in [-0.39, 0.29) is 0 Å². The fraction of sp³-hybridized carbons (Fsp3) is 1.00. The normalized spacial score (nSPS) is 43.6. The van der Waals surface area contributed by atoms with Crippen molar-refractivity contribution < 1.29 is 0 Å². The largest absolute Gasteiger partial charge is 0.314 e. The van der Waals surface area contributed by atoms with Crippen molar-refractivity contribution in [3.8, 4) is 0 Å². The molecule has 2 bridgehead atoms. The molecule has 2 aliphatic carbocycles. The predicted molar refractivity (Wildman–Crippen MR) is 72.1 cm³/mol. The second-order valence-electron chi connectivity index (χ2n) is 6.73. The lowest BCUT2D eigenvalue weighted by Gasteiger charge is -2.32. The van der Waals surface area contributed by atoms with Crippen LogP contribution in [0.3, 0.4) is 0 Å². The van der Waals surface area contributed by atoms with Crippen molar-refractivity contribution >= 4 is 0 Å². The maximum atomic E-state index is 3.60. The van der Waals surface area contributed by atoms with Gasteiger partial charge in [-0.25, -0.2) is 0 Å². The third kappa shape index (κ3) is 2.85. The Morgan fingerprint density at radius 3 is 2.82 bits per heavy atom. The van der Waals surface area contributed by atoms with E-state index in [1.54, 1.807) is 25.7 Å². The van der Waals surface area contributed by atoms with Gasteiger partial charge in [0.15, 0.2) is 0 Å². The molecule has 1 N–H and O–H groups in total. The molecule has 98 valence electrons. The Kier molecular flexibility index (Phi) is 3.72. The van der Waals surface area contributed by atoms with Crippen LogP contribution in [0.2, 0.25) is 0 Å². The first-order chi connectivity index (χ1) is 8.31. The van der Waals surface area contributed by atoms with E-state index in [4.69, 9.17) is 0 Å². The molecule has 2 saturated carbocycles. The van der Waals surface area contributed by atoms with Crippen LogP contribution in [0.5, 0.6) is 0 Å². The second-order valence-corrected chi connectivity index (χ2v) is 6.73. The molecule has 0 aromatic carbocycles. The molecule has 1 aliphatic heterocycles. The van der Waals surface area contributed by atoms with Crippen LogP contribution >= 0.6 is 0 Å². The van der Waals surface area contributed by atoms with Gasteiger partial charge in [-0.05, 0) is 76.4 Å². The van der Waals surface area contributed by atoms with E-state index < -0.39 is 0 Å². The van der Waals surface area contributed by atoms with Crippen molar-refractivity contribution in [1.82, 2.24) is 10.2 Å². The van der Waals surface area contributed by atoms with Crippen molar-refractivity contribution in [3.63, 3.8) is 0 Å². The Bertz CT molecular complexity index is 253. The number of hydrogen-bond acceptors (Lipinski definition) is 2. The van der Waals surface area contributed by atoms with Crippen molar-refractivity contribution in [1.29, 1.82) is 0 Å². The topological polar surface area (TPSA) is 15.3 Å². The molecule has 2 nitrogen and oxygen atoms in total. The number of nitrogens with one attached hydrogen (secondary N) is 1. The lowest BCUT2D eigenvalue weighted by molar-refractivity contribution is 0.173. The standard InChI is InChI=1S/C15H28N2/c1-12-5-8-17(7-2-6-16-12)11-15-10-13-3-4-14(15)9-13/h12-16H,2-11H2,1H3. The van der Waals surface area contributed by atoms with E-state index in [0.29, 0.717) is 0 Å². The average molecular weight is 236 g/mol. The molecule has 0 radical (unpaired) electrons. The van der Waals surface area contributed by atoms with Crippen LogP contribution in [0.25, 0.3) is 0 Å². The van der Waals surface area contributed by atoms with Gasteiger partial charge < -0.3 is 10.2 Å². The average Bonchev–Trinajstić information content (AvgIpc) is 2.90. The van der Waals surface area contributed by atoms with Crippen LogP contribution in [0, 0.1) is 17.8 Å². The van der Waals surface area contributed by atoms with Gasteiger partial charge >= 0.3 is 0 Å². The summed E-state index contributed by atoms with van der Waals surface area (Å²) in [6.45, 7) is 7.61. The van der Waals surface area contributed by atoms with Crippen molar-refractivity contribution in [2.45, 2.75) is 51.5 Å². The molecule has 4 atom stereocenters. The smallest absolute Gasteiger partial charge is 0.00509 e. The third-order valence-electron chi connectivity index (χ3n) is 5.40. The Hall–Kier alpha value is -0.0800. The van der Waals surface area contributed by atoms with Gasteiger partial charge in [0.2, 0.25) is 0 Å². The van der Waals surface area contributed by atoms with Crippen molar-refractivity contribution in [2.75, 3.05) is 26.2 Å². The first-order valence-electron chi connectivity index (χ1n) is 7.77. The van der Waals surface area contributed by atoms with Gasteiger partial charge in [-0.15, -0.1) is 0 Å². The summed E-state index contributed by atoms with van der Waals surface area (Å²) in [4.78, 5) is 2.77. The first kappa shape index (κ1) is 12.0. The molecule has 3 aliphatic rings. The minimum absolute atomic E-state index is 0.720. The highest BCUT2D eigenvalue weighted by molar-refractivity contribution is 4.91. The fourth-order valence-corrected chi connectivity index (χ4v) is 4.36. The minimum atomic E-state index is 0.720. The molecule has 2 heteroatoms. The number of rotatable bonds is 2. The summed E-state index contributed by atoms with van der Waals surface area (Å²) in [5, 5.41) is 3.60. The molecular formula is C15H28N2. The van der Waals surface area contributed by atoms with Gasteiger partial charge in [0.1, 0.15) is 0 Å². The summed E-state index contributed by atoms with van der Waals surface area (Å²) in [5.41, 5.74) is 0. The highest BCUT2D eigenvalue weighted by atomic mass is 15.1. The van der Waals surface area contributed by atoms with E-state index in [0.717, 1.165) is 23.8 Å². The summed E-state index contributed by atoms with van der Waals surface area (Å²) < 4.78 is 0. The Morgan fingerprint density at radius 2 is 2.06 bits per heavy atom. The van der Waals surface area contributed by atoms with Crippen LogP contribution < -0.4 is 5.32 Å². The Labute approximate surface area is 106 Å². The molecule has 17 heavy (non-hydrogen) atoms. The van der Waals surface area contributed by atoms with Crippen LogP contribution in [0.1, 0.15) is 45.4 Å². The van der Waals surface area contributed by atoms with Crippen LogP contribution in [-0.4, -0.2) is 37.1 Å². The molecule has 0 aromatic heterocycles. The highest BCUT2D eigenvalue weighted by Gasteiger charge is 2.39. The molecule has 1 heterocycles. The van der Waals surface area contributed by atoms with Crippen molar-refractivity contribution in [3.05, 3.63) is 0 Å². The maximum Gasteiger partial charge on any atom is 0.00509 e. The summed E-state index contributed by atoms with van der Waals surface area (Å²) in [7, 11) is 0. The van der Waals surface area contributed by atoms with Gasteiger partial charge in [-0.1, -0.05) is 6.42 Å². The molecule has 0 aromatic rings. The molecule has 1 saturated heterocycles. The zero-order valence-electron chi connectivity index (χ0n) is 11.3. The number of nitrogens with zero attached hydrogens (tertiary/aromatic N) is 1. The van der Waals surface area contributed by atoms with Gasteiger partial charge in [0.05, 0.1) is 0 Å². The first-order valence-corrected chi connectivity index (χ1v) is 7.77. The summed E-state index contributed by atoms with van der Waals surface area (Å²) in [5.74, 6) is 3.26.